The van der Waals surface area contributed by atoms with Crippen LogP contribution in [0.1, 0.15) is 36.8 Å². The van der Waals surface area contributed by atoms with Crippen molar-refractivity contribution in [1.82, 2.24) is 20.0 Å². The molecule has 1 N–H and O–H groups in total. The molecule has 6 nitrogen and oxygen atoms in total. The highest BCUT2D eigenvalue weighted by atomic mass is 35.5. The quantitative estimate of drug-likeness (QED) is 0.777. The molecule has 29 heavy (non-hydrogen) atoms. The summed E-state index contributed by atoms with van der Waals surface area (Å²) in [5.41, 5.74) is 3.22. The Balaban J connectivity index is 1.73. The number of hydrogen-bond donors (Lipinski definition) is 1. The van der Waals surface area contributed by atoms with E-state index >= 15 is 0 Å². The summed E-state index contributed by atoms with van der Waals surface area (Å²) >= 11 is 6.16. The number of halogens is 2. The SMILES string of the molecule is CCN1CCN(c2ccc(F)cc2C(C)NC(=O)Cn2nc(C)c(Cl)c2C)CC1. The molecule has 158 valence electrons. The van der Waals surface area contributed by atoms with Gasteiger partial charge in [-0.2, -0.15) is 5.10 Å². The number of piperazine rings is 1. The van der Waals surface area contributed by atoms with Crippen LogP contribution in [0.3, 0.4) is 0 Å². The maximum Gasteiger partial charge on any atom is 0.242 e. The summed E-state index contributed by atoms with van der Waals surface area (Å²) in [5, 5.41) is 7.86. The van der Waals surface area contributed by atoms with E-state index in [-0.39, 0.29) is 24.3 Å². The summed E-state index contributed by atoms with van der Waals surface area (Å²) in [6.07, 6.45) is 0. The Morgan fingerprint density at radius 3 is 2.55 bits per heavy atom. The van der Waals surface area contributed by atoms with Gasteiger partial charge in [0.25, 0.3) is 0 Å². The van der Waals surface area contributed by atoms with Gasteiger partial charge in [-0.15, -0.1) is 0 Å². The second kappa shape index (κ2) is 9.13. The molecule has 1 aliphatic heterocycles. The summed E-state index contributed by atoms with van der Waals surface area (Å²) < 4.78 is 15.6. The van der Waals surface area contributed by atoms with Gasteiger partial charge in [0.15, 0.2) is 0 Å². The molecular formula is C21H29ClFN5O. The first-order valence-electron chi connectivity index (χ1n) is 10.1. The van der Waals surface area contributed by atoms with Crippen LogP contribution in [0.2, 0.25) is 5.02 Å². The van der Waals surface area contributed by atoms with Gasteiger partial charge in [0, 0.05) is 37.4 Å². The summed E-state index contributed by atoms with van der Waals surface area (Å²) in [4.78, 5) is 17.3. The number of rotatable bonds is 6. The van der Waals surface area contributed by atoms with Gasteiger partial charge in [0.2, 0.25) is 5.91 Å². The minimum absolute atomic E-state index is 0.0730. The van der Waals surface area contributed by atoms with Crippen LogP contribution in [0.5, 0.6) is 0 Å². The Morgan fingerprint density at radius 1 is 1.28 bits per heavy atom. The zero-order chi connectivity index (χ0) is 21.1. The number of carbonyl (C=O) groups is 1. The topological polar surface area (TPSA) is 53.4 Å². The van der Waals surface area contributed by atoms with Crippen molar-refractivity contribution in [2.45, 2.75) is 40.3 Å². The molecule has 1 fully saturated rings. The van der Waals surface area contributed by atoms with E-state index in [0.717, 1.165) is 49.7 Å². The number of hydrogen-bond acceptors (Lipinski definition) is 4. The molecule has 1 aromatic heterocycles. The van der Waals surface area contributed by atoms with Gasteiger partial charge >= 0.3 is 0 Å². The number of aromatic nitrogens is 2. The van der Waals surface area contributed by atoms with E-state index in [1.807, 2.05) is 26.8 Å². The smallest absolute Gasteiger partial charge is 0.242 e. The second-order valence-electron chi connectivity index (χ2n) is 7.56. The van der Waals surface area contributed by atoms with Crippen molar-refractivity contribution in [3.05, 3.63) is 46.0 Å². The average Bonchev–Trinajstić information content (AvgIpc) is 2.94. The molecule has 1 amide bonds. The molecule has 0 saturated carbocycles. The van der Waals surface area contributed by atoms with E-state index in [2.05, 4.69) is 27.1 Å². The monoisotopic (exact) mass is 421 g/mol. The molecule has 0 radical (unpaired) electrons. The van der Waals surface area contributed by atoms with Crippen molar-refractivity contribution >= 4 is 23.2 Å². The van der Waals surface area contributed by atoms with Gasteiger partial charge in [-0.25, -0.2) is 4.39 Å². The molecule has 8 heteroatoms. The third-order valence-corrected chi connectivity index (χ3v) is 6.13. The van der Waals surface area contributed by atoms with E-state index in [1.54, 1.807) is 4.68 Å². The van der Waals surface area contributed by atoms with Crippen molar-refractivity contribution in [1.29, 1.82) is 0 Å². The third kappa shape index (κ3) is 4.90. The summed E-state index contributed by atoms with van der Waals surface area (Å²) in [7, 11) is 0. The van der Waals surface area contributed by atoms with Crippen LogP contribution < -0.4 is 10.2 Å². The van der Waals surface area contributed by atoms with E-state index < -0.39 is 0 Å². The van der Waals surface area contributed by atoms with Gasteiger partial charge in [-0.05, 0) is 45.5 Å². The molecule has 0 bridgehead atoms. The molecule has 1 aromatic carbocycles. The number of amides is 1. The Labute approximate surface area is 176 Å². The van der Waals surface area contributed by atoms with Crippen molar-refractivity contribution < 1.29 is 9.18 Å². The first-order chi connectivity index (χ1) is 13.8. The lowest BCUT2D eigenvalue weighted by Gasteiger charge is -2.37. The van der Waals surface area contributed by atoms with E-state index in [9.17, 15) is 9.18 Å². The van der Waals surface area contributed by atoms with Gasteiger partial charge in [0.05, 0.1) is 22.5 Å². The average molecular weight is 422 g/mol. The summed E-state index contributed by atoms with van der Waals surface area (Å²) in [6, 6.07) is 4.49. The molecule has 1 unspecified atom stereocenters. The van der Waals surface area contributed by atoms with Crippen LogP contribution in [0, 0.1) is 19.7 Å². The minimum Gasteiger partial charge on any atom is -0.369 e. The van der Waals surface area contributed by atoms with Crippen molar-refractivity contribution in [2.75, 3.05) is 37.6 Å². The van der Waals surface area contributed by atoms with Crippen LogP contribution >= 0.6 is 11.6 Å². The second-order valence-corrected chi connectivity index (χ2v) is 7.93. The highest BCUT2D eigenvalue weighted by Gasteiger charge is 2.22. The number of nitrogens with one attached hydrogen (secondary N) is 1. The predicted molar refractivity (Wildman–Crippen MR) is 114 cm³/mol. The Kier molecular flexibility index (Phi) is 6.80. The highest BCUT2D eigenvalue weighted by Crippen LogP contribution is 2.28. The van der Waals surface area contributed by atoms with Crippen LogP contribution in [0.4, 0.5) is 10.1 Å². The number of likely N-dealkylation sites (N-methyl/N-ethyl adjacent to an activating group) is 1. The first-order valence-corrected chi connectivity index (χ1v) is 10.4. The lowest BCUT2D eigenvalue weighted by molar-refractivity contribution is -0.122. The normalized spacial score (nSPS) is 16.1. The van der Waals surface area contributed by atoms with Gasteiger partial charge in [0.1, 0.15) is 12.4 Å². The largest absolute Gasteiger partial charge is 0.369 e. The lowest BCUT2D eigenvalue weighted by Crippen LogP contribution is -2.46. The summed E-state index contributed by atoms with van der Waals surface area (Å²) in [5.74, 6) is -0.492. The van der Waals surface area contributed by atoms with Gasteiger partial charge in [-0.3, -0.25) is 9.48 Å². The zero-order valence-corrected chi connectivity index (χ0v) is 18.3. The molecule has 3 rings (SSSR count). The van der Waals surface area contributed by atoms with Crippen molar-refractivity contribution in [3.63, 3.8) is 0 Å². The van der Waals surface area contributed by atoms with E-state index in [1.165, 1.54) is 12.1 Å². The molecule has 0 spiro atoms. The van der Waals surface area contributed by atoms with E-state index in [0.29, 0.717) is 10.7 Å². The zero-order valence-electron chi connectivity index (χ0n) is 17.5. The highest BCUT2D eigenvalue weighted by molar-refractivity contribution is 6.31. The third-order valence-electron chi connectivity index (χ3n) is 5.58. The van der Waals surface area contributed by atoms with Crippen molar-refractivity contribution in [3.8, 4) is 0 Å². The molecule has 1 atom stereocenters. The molecule has 1 saturated heterocycles. The fraction of sp³-hybridized carbons (Fsp3) is 0.524. The number of benzene rings is 1. The molecule has 2 aromatic rings. The summed E-state index contributed by atoms with van der Waals surface area (Å²) in [6.45, 7) is 12.5. The first kappa shape index (κ1) is 21.6. The molecule has 1 aliphatic rings. The fourth-order valence-electron chi connectivity index (χ4n) is 3.80. The minimum atomic E-state index is -0.329. The molecular weight excluding hydrogens is 393 g/mol. The predicted octanol–water partition coefficient (Wildman–Crippen LogP) is 3.31. The fourth-order valence-corrected chi connectivity index (χ4v) is 3.93. The molecule has 0 aliphatic carbocycles. The van der Waals surface area contributed by atoms with E-state index in [4.69, 9.17) is 11.6 Å². The van der Waals surface area contributed by atoms with Crippen LogP contribution in [-0.2, 0) is 11.3 Å². The standard InChI is InChI=1S/C21H29ClFN5O/c1-5-26-8-10-27(11-9-26)19-7-6-17(23)12-18(19)14(2)24-20(29)13-28-16(4)21(22)15(3)25-28/h6-7,12,14H,5,8-11,13H2,1-4H3,(H,24,29). The maximum atomic E-state index is 14.0. The van der Waals surface area contributed by atoms with Crippen LogP contribution in [0.15, 0.2) is 18.2 Å². The molecule has 2 heterocycles. The Bertz CT molecular complexity index is 876. The van der Waals surface area contributed by atoms with Crippen molar-refractivity contribution in [2.24, 2.45) is 0 Å². The number of aryl methyl sites for hydroxylation is 1. The number of nitrogens with zero attached hydrogens (tertiary/aromatic N) is 4. The Morgan fingerprint density at radius 2 is 1.97 bits per heavy atom. The number of anilines is 1. The number of carbonyl (C=O) groups excluding carboxylic acids is 1. The van der Waals surface area contributed by atoms with Gasteiger partial charge in [-0.1, -0.05) is 18.5 Å². The van der Waals surface area contributed by atoms with Crippen LogP contribution in [0.25, 0.3) is 0 Å². The van der Waals surface area contributed by atoms with Crippen LogP contribution in [-0.4, -0.2) is 53.3 Å². The maximum absolute atomic E-state index is 14.0. The lowest BCUT2D eigenvalue weighted by atomic mass is 10.0. The Hall–Kier alpha value is -2.12. The van der Waals surface area contributed by atoms with Gasteiger partial charge < -0.3 is 15.1 Å².